The zero-order valence-corrected chi connectivity index (χ0v) is 15.9. The number of carbonyl (C=O) groups excluding carboxylic acids is 1. The molecule has 0 bridgehead atoms. The summed E-state index contributed by atoms with van der Waals surface area (Å²) in [7, 11) is 0. The van der Waals surface area contributed by atoms with Crippen molar-refractivity contribution in [2.24, 2.45) is 0 Å². The van der Waals surface area contributed by atoms with Gasteiger partial charge in [-0.25, -0.2) is 8.78 Å². The molecule has 6 heteroatoms. The van der Waals surface area contributed by atoms with Gasteiger partial charge in [0.15, 0.2) is 0 Å². The van der Waals surface area contributed by atoms with Crippen molar-refractivity contribution in [3.63, 3.8) is 0 Å². The standard InChI is InChI=1S/C22H25F2N3O/c1-17(22(28)25-21-10-9-19(23)16-20(21)24)27-14-12-26(13-15-27)11-5-8-18-6-3-2-4-7-18/h2-10,16-17H,11-15H2,1H3,(H,25,28)/b8-5+. The molecule has 4 nitrogen and oxygen atoms in total. The number of nitrogens with one attached hydrogen (secondary N) is 1. The molecule has 0 saturated carbocycles. The summed E-state index contributed by atoms with van der Waals surface area (Å²) in [6.45, 7) is 5.93. The number of carbonyl (C=O) groups is 1. The second kappa shape index (κ2) is 9.57. The summed E-state index contributed by atoms with van der Waals surface area (Å²) in [5, 5.41) is 2.55. The van der Waals surface area contributed by atoms with E-state index in [0.717, 1.165) is 44.9 Å². The second-order valence-corrected chi connectivity index (χ2v) is 6.94. The predicted octanol–water partition coefficient (Wildman–Crippen LogP) is 3.62. The molecule has 1 N–H and O–H groups in total. The number of halogens is 2. The maximum atomic E-state index is 13.7. The van der Waals surface area contributed by atoms with Crippen molar-refractivity contribution in [3.8, 4) is 0 Å². The summed E-state index contributed by atoms with van der Waals surface area (Å²) in [5.41, 5.74) is 1.18. The molecule has 1 heterocycles. The summed E-state index contributed by atoms with van der Waals surface area (Å²) in [6.07, 6.45) is 4.26. The molecule has 0 spiro atoms. The molecule has 1 atom stereocenters. The molecule has 2 aromatic carbocycles. The van der Waals surface area contributed by atoms with Crippen LogP contribution in [0.2, 0.25) is 0 Å². The number of anilines is 1. The van der Waals surface area contributed by atoms with Crippen LogP contribution in [-0.2, 0) is 4.79 Å². The van der Waals surface area contributed by atoms with Crippen molar-refractivity contribution in [2.45, 2.75) is 13.0 Å². The SMILES string of the molecule is CC(C(=O)Nc1ccc(F)cc1F)N1CCN(C/C=C/c2ccccc2)CC1. The van der Waals surface area contributed by atoms with Gasteiger partial charge < -0.3 is 5.32 Å². The fourth-order valence-corrected chi connectivity index (χ4v) is 3.23. The van der Waals surface area contributed by atoms with Crippen molar-refractivity contribution in [3.05, 3.63) is 71.8 Å². The van der Waals surface area contributed by atoms with Crippen LogP contribution in [0.15, 0.2) is 54.6 Å². The van der Waals surface area contributed by atoms with E-state index in [1.807, 2.05) is 25.1 Å². The highest BCUT2D eigenvalue weighted by Crippen LogP contribution is 2.16. The Hall–Kier alpha value is -2.57. The molecule has 0 radical (unpaired) electrons. The molecular formula is C22H25F2N3O. The lowest BCUT2D eigenvalue weighted by Crippen LogP contribution is -2.52. The zero-order chi connectivity index (χ0) is 19.9. The predicted molar refractivity (Wildman–Crippen MR) is 108 cm³/mol. The van der Waals surface area contributed by atoms with Crippen molar-refractivity contribution in [1.29, 1.82) is 0 Å². The van der Waals surface area contributed by atoms with Gasteiger partial charge in [-0.2, -0.15) is 0 Å². The van der Waals surface area contributed by atoms with E-state index in [1.165, 1.54) is 11.6 Å². The summed E-state index contributed by atoms with van der Waals surface area (Å²) >= 11 is 0. The van der Waals surface area contributed by atoms with Crippen LogP contribution in [0.3, 0.4) is 0 Å². The van der Waals surface area contributed by atoms with Gasteiger partial charge in [-0.3, -0.25) is 14.6 Å². The van der Waals surface area contributed by atoms with Crippen molar-refractivity contribution < 1.29 is 13.6 Å². The summed E-state index contributed by atoms with van der Waals surface area (Å²) in [4.78, 5) is 16.8. The smallest absolute Gasteiger partial charge is 0.241 e. The van der Waals surface area contributed by atoms with E-state index < -0.39 is 11.6 Å². The van der Waals surface area contributed by atoms with Crippen molar-refractivity contribution in [1.82, 2.24) is 9.80 Å². The molecule has 28 heavy (non-hydrogen) atoms. The van der Waals surface area contributed by atoms with Crippen molar-refractivity contribution in [2.75, 3.05) is 38.0 Å². The van der Waals surface area contributed by atoms with E-state index in [9.17, 15) is 13.6 Å². The lowest BCUT2D eigenvalue weighted by atomic mass is 10.2. The Kier molecular flexibility index (Phi) is 6.90. The number of benzene rings is 2. The van der Waals surface area contributed by atoms with Gasteiger partial charge >= 0.3 is 0 Å². The van der Waals surface area contributed by atoms with Gasteiger partial charge in [0.1, 0.15) is 11.6 Å². The number of rotatable bonds is 6. The topological polar surface area (TPSA) is 35.6 Å². The molecule has 2 aromatic rings. The minimum absolute atomic E-state index is 0.00272. The lowest BCUT2D eigenvalue weighted by Gasteiger charge is -2.37. The lowest BCUT2D eigenvalue weighted by molar-refractivity contribution is -0.121. The molecule has 1 aliphatic heterocycles. The summed E-state index contributed by atoms with van der Waals surface area (Å²) < 4.78 is 26.7. The van der Waals surface area contributed by atoms with Crippen LogP contribution >= 0.6 is 0 Å². The average molecular weight is 385 g/mol. The first-order valence-corrected chi connectivity index (χ1v) is 9.47. The first-order chi connectivity index (χ1) is 13.5. The molecule has 1 amide bonds. The van der Waals surface area contributed by atoms with E-state index in [2.05, 4.69) is 39.4 Å². The van der Waals surface area contributed by atoms with Crippen LogP contribution in [0, 0.1) is 11.6 Å². The highest BCUT2D eigenvalue weighted by Gasteiger charge is 2.25. The number of piperazine rings is 1. The van der Waals surface area contributed by atoms with E-state index in [1.54, 1.807) is 0 Å². The average Bonchev–Trinajstić information content (AvgIpc) is 2.71. The minimum atomic E-state index is -0.768. The van der Waals surface area contributed by atoms with Gasteiger partial charge in [0.2, 0.25) is 5.91 Å². The molecule has 1 unspecified atom stereocenters. The van der Waals surface area contributed by atoms with E-state index in [0.29, 0.717) is 0 Å². The van der Waals surface area contributed by atoms with E-state index >= 15 is 0 Å². The van der Waals surface area contributed by atoms with E-state index in [4.69, 9.17) is 0 Å². The van der Waals surface area contributed by atoms with Gasteiger partial charge in [0, 0.05) is 38.8 Å². The van der Waals surface area contributed by atoms with Crippen LogP contribution in [0.1, 0.15) is 12.5 Å². The Morgan fingerprint density at radius 2 is 1.82 bits per heavy atom. The molecule has 0 aliphatic carbocycles. The Morgan fingerprint density at radius 3 is 2.50 bits per heavy atom. The van der Waals surface area contributed by atoms with Gasteiger partial charge in [0.05, 0.1) is 11.7 Å². The molecule has 1 saturated heterocycles. The maximum absolute atomic E-state index is 13.7. The highest BCUT2D eigenvalue weighted by atomic mass is 19.1. The Morgan fingerprint density at radius 1 is 1.11 bits per heavy atom. The van der Waals surface area contributed by atoms with Gasteiger partial charge in [-0.05, 0) is 24.6 Å². The summed E-state index contributed by atoms with van der Waals surface area (Å²) in [5.74, 6) is -1.72. The monoisotopic (exact) mass is 385 g/mol. The first-order valence-electron chi connectivity index (χ1n) is 9.47. The number of nitrogens with zero attached hydrogens (tertiary/aromatic N) is 2. The minimum Gasteiger partial charge on any atom is -0.322 e. The molecule has 148 valence electrons. The fraction of sp³-hybridized carbons (Fsp3) is 0.318. The zero-order valence-electron chi connectivity index (χ0n) is 15.9. The normalized spacial score (nSPS) is 17.0. The largest absolute Gasteiger partial charge is 0.322 e. The summed E-state index contributed by atoms with van der Waals surface area (Å²) in [6, 6.07) is 12.9. The van der Waals surface area contributed by atoms with Gasteiger partial charge in [-0.1, -0.05) is 42.5 Å². The van der Waals surface area contributed by atoms with Gasteiger partial charge in [-0.15, -0.1) is 0 Å². The molecular weight excluding hydrogens is 360 g/mol. The maximum Gasteiger partial charge on any atom is 0.241 e. The van der Waals surface area contributed by atoms with E-state index in [-0.39, 0.29) is 17.6 Å². The van der Waals surface area contributed by atoms with Crippen LogP contribution < -0.4 is 5.32 Å². The third kappa shape index (κ3) is 5.47. The van der Waals surface area contributed by atoms with Gasteiger partial charge in [0.25, 0.3) is 0 Å². The molecule has 0 aromatic heterocycles. The van der Waals surface area contributed by atoms with Crippen LogP contribution in [-0.4, -0.2) is 54.5 Å². The third-order valence-electron chi connectivity index (χ3n) is 5.00. The fourth-order valence-electron chi connectivity index (χ4n) is 3.23. The Balaban J connectivity index is 1.46. The Bertz CT molecular complexity index is 818. The van der Waals surface area contributed by atoms with Crippen LogP contribution in [0.5, 0.6) is 0 Å². The third-order valence-corrected chi connectivity index (χ3v) is 5.00. The number of amides is 1. The second-order valence-electron chi connectivity index (χ2n) is 6.94. The highest BCUT2D eigenvalue weighted by molar-refractivity contribution is 5.94. The number of hydrogen-bond donors (Lipinski definition) is 1. The molecule has 3 rings (SSSR count). The Labute approximate surface area is 164 Å². The van der Waals surface area contributed by atoms with Crippen LogP contribution in [0.4, 0.5) is 14.5 Å². The number of hydrogen-bond acceptors (Lipinski definition) is 3. The first kappa shape index (κ1) is 20.2. The quantitative estimate of drug-likeness (QED) is 0.825. The molecule has 1 fully saturated rings. The molecule has 1 aliphatic rings. The van der Waals surface area contributed by atoms with Crippen molar-refractivity contribution >= 4 is 17.7 Å². The van der Waals surface area contributed by atoms with Crippen LogP contribution in [0.25, 0.3) is 6.08 Å².